The minimum Gasteiger partial charge on any atom is -0.463 e. The van der Waals surface area contributed by atoms with E-state index >= 15 is 0 Å². The number of esters is 3. The average molecular weight is 657 g/mol. The zero-order chi connectivity index (χ0) is 34.6. The van der Waals surface area contributed by atoms with Gasteiger partial charge in [-0.25, -0.2) is 0 Å². The second-order valence-corrected chi connectivity index (χ2v) is 13.2. The summed E-state index contributed by atoms with van der Waals surface area (Å²) in [6.45, 7) is 18.2. The maximum atomic E-state index is 12.7. The lowest BCUT2D eigenvalue weighted by Crippen LogP contribution is -2.65. The fraction of sp³-hybridized carbons (Fsp3) is 0.886. The first kappa shape index (κ1) is 40.1. The summed E-state index contributed by atoms with van der Waals surface area (Å²) in [4.78, 5) is 48.8. The smallest absolute Gasteiger partial charge is 0.305 e. The normalized spacial score (nSPS) is 33.0. The van der Waals surface area contributed by atoms with E-state index in [0.717, 1.165) is 38.5 Å². The van der Waals surface area contributed by atoms with E-state index < -0.39 is 54.6 Å². The van der Waals surface area contributed by atoms with Gasteiger partial charge in [0.15, 0.2) is 12.6 Å². The Bertz CT molecular complexity index is 976. The molecule has 0 amide bonds. The molecule has 10 atom stereocenters. The number of hydrogen-bond donors (Lipinski definition) is 0. The van der Waals surface area contributed by atoms with Crippen molar-refractivity contribution in [1.82, 2.24) is 0 Å². The van der Waals surface area contributed by atoms with Crippen LogP contribution >= 0.6 is 0 Å². The van der Waals surface area contributed by atoms with Crippen molar-refractivity contribution >= 4 is 23.7 Å². The molecule has 0 aliphatic carbocycles. The number of carbonyl (C=O) groups excluding carboxylic acids is 4. The molecular weight excluding hydrogens is 596 g/mol. The highest BCUT2D eigenvalue weighted by Gasteiger charge is 2.59. The first-order valence-electron chi connectivity index (χ1n) is 17.3. The van der Waals surface area contributed by atoms with Crippen LogP contribution in [0.5, 0.6) is 0 Å². The molecule has 0 aromatic heterocycles. The van der Waals surface area contributed by atoms with Gasteiger partial charge in [0, 0.05) is 63.4 Å². The molecule has 0 aromatic carbocycles. The Morgan fingerprint density at radius 2 is 1.43 bits per heavy atom. The van der Waals surface area contributed by atoms with Crippen LogP contribution in [0.25, 0.3) is 0 Å². The predicted octanol–water partition coefficient (Wildman–Crippen LogP) is 6.13. The van der Waals surface area contributed by atoms with Crippen molar-refractivity contribution in [3.8, 4) is 0 Å². The molecule has 11 heteroatoms. The van der Waals surface area contributed by atoms with E-state index in [9.17, 15) is 19.2 Å². The summed E-state index contributed by atoms with van der Waals surface area (Å²) in [5.74, 6) is -3.63. The lowest BCUT2D eigenvalue weighted by atomic mass is 9.79. The SMILES string of the molecule is CCCC(CCC)C(=O)CCCCOC1OC(CC)C(OC(C)=O)(OC2OC(COC(C)=O)C(OC(C)=O)C(C)C2C)C(C)C1C. The van der Waals surface area contributed by atoms with E-state index in [1.165, 1.54) is 20.8 Å². The van der Waals surface area contributed by atoms with Crippen molar-refractivity contribution < 1.29 is 52.3 Å². The lowest BCUT2D eigenvalue weighted by molar-refractivity contribution is -0.419. The van der Waals surface area contributed by atoms with Gasteiger partial charge < -0.3 is 33.2 Å². The maximum Gasteiger partial charge on any atom is 0.305 e. The molecule has 0 radical (unpaired) electrons. The molecule has 46 heavy (non-hydrogen) atoms. The molecule has 11 nitrogen and oxygen atoms in total. The third-order valence-electron chi connectivity index (χ3n) is 9.61. The Labute approximate surface area is 276 Å². The second kappa shape index (κ2) is 19.1. The van der Waals surface area contributed by atoms with Crippen LogP contribution in [0.1, 0.15) is 121 Å². The van der Waals surface area contributed by atoms with E-state index in [-0.39, 0.29) is 36.2 Å². The third kappa shape index (κ3) is 10.7. The van der Waals surface area contributed by atoms with Gasteiger partial charge in [-0.05, 0) is 32.1 Å². The van der Waals surface area contributed by atoms with Gasteiger partial charge in [0.05, 0.1) is 0 Å². The Balaban J connectivity index is 2.18. The predicted molar refractivity (Wildman–Crippen MR) is 170 cm³/mol. The van der Waals surface area contributed by atoms with Crippen molar-refractivity contribution in [2.75, 3.05) is 13.2 Å². The minimum atomic E-state index is -1.50. The standard InChI is InChI=1S/C35H60O11/c1-11-16-28(17-12-2)29(39)18-14-15-19-40-33-23(6)24(7)35(45-27(10)38,31(13-3)44-33)46-34-22(5)21(4)32(42-26(9)37)30(43-34)20-41-25(8)36/h21-24,28,30-34H,11-20H2,1-10H3. The number of hydrogen-bond acceptors (Lipinski definition) is 11. The van der Waals surface area contributed by atoms with Crippen molar-refractivity contribution in [2.45, 2.75) is 157 Å². The number of carbonyl (C=O) groups is 4. The molecule has 0 spiro atoms. The van der Waals surface area contributed by atoms with Gasteiger partial charge in [-0.2, -0.15) is 0 Å². The number of Topliss-reactive ketones (excluding diaryl/α,β-unsaturated/α-hetero) is 1. The number of ketones is 1. The molecule has 2 aliphatic heterocycles. The van der Waals surface area contributed by atoms with Crippen LogP contribution in [0.15, 0.2) is 0 Å². The van der Waals surface area contributed by atoms with Crippen LogP contribution in [0.2, 0.25) is 0 Å². The van der Waals surface area contributed by atoms with Crippen LogP contribution in [0, 0.1) is 29.6 Å². The average Bonchev–Trinajstić information content (AvgIpc) is 2.99. The number of unbranched alkanes of at least 4 members (excludes halogenated alkanes) is 1. The summed E-state index contributed by atoms with van der Waals surface area (Å²) in [7, 11) is 0. The van der Waals surface area contributed by atoms with E-state index in [1.54, 1.807) is 0 Å². The van der Waals surface area contributed by atoms with E-state index in [1.807, 2.05) is 34.6 Å². The van der Waals surface area contributed by atoms with Crippen molar-refractivity contribution in [3.05, 3.63) is 0 Å². The molecule has 2 fully saturated rings. The van der Waals surface area contributed by atoms with E-state index in [4.69, 9.17) is 33.2 Å². The van der Waals surface area contributed by atoms with Crippen molar-refractivity contribution in [2.24, 2.45) is 29.6 Å². The summed E-state index contributed by atoms with van der Waals surface area (Å²) in [6, 6.07) is 0. The minimum absolute atomic E-state index is 0.135. The zero-order valence-corrected chi connectivity index (χ0v) is 29.8. The largest absolute Gasteiger partial charge is 0.463 e. The van der Waals surface area contributed by atoms with Gasteiger partial charge in [0.25, 0.3) is 0 Å². The van der Waals surface area contributed by atoms with Gasteiger partial charge in [-0.1, -0.05) is 61.3 Å². The number of ether oxygens (including phenoxy) is 7. The molecule has 2 aliphatic rings. The molecule has 0 saturated carbocycles. The van der Waals surface area contributed by atoms with Crippen molar-refractivity contribution in [1.29, 1.82) is 0 Å². The van der Waals surface area contributed by atoms with Gasteiger partial charge >= 0.3 is 17.9 Å². The summed E-state index contributed by atoms with van der Waals surface area (Å²) < 4.78 is 42.6. The van der Waals surface area contributed by atoms with Crippen LogP contribution in [0.3, 0.4) is 0 Å². The molecule has 2 rings (SSSR count). The quantitative estimate of drug-likeness (QED) is 0.0730. The molecule has 266 valence electrons. The van der Waals surface area contributed by atoms with Crippen LogP contribution in [0.4, 0.5) is 0 Å². The maximum absolute atomic E-state index is 12.7. The highest BCUT2D eigenvalue weighted by molar-refractivity contribution is 5.80. The first-order chi connectivity index (χ1) is 21.7. The molecule has 0 N–H and O–H groups in total. The Kier molecular flexibility index (Phi) is 16.6. The Morgan fingerprint density at radius 1 is 0.783 bits per heavy atom. The van der Waals surface area contributed by atoms with Gasteiger partial charge in [-0.3, -0.25) is 19.2 Å². The van der Waals surface area contributed by atoms with Crippen LogP contribution in [-0.2, 0) is 52.3 Å². The number of rotatable bonds is 18. The zero-order valence-electron chi connectivity index (χ0n) is 29.8. The molecule has 0 aromatic rings. The Morgan fingerprint density at radius 3 is 1.98 bits per heavy atom. The molecule has 2 heterocycles. The topological polar surface area (TPSA) is 133 Å². The molecule has 10 unspecified atom stereocenters. The summed E-state index contributed by atoms with van der Waals surface area (Å²) >= 11 is 0. The van der Waals surface area contributed by atoms with Gasteiger partial charge in [-0.15, -0.1) is 0 Å². The third-order valence-corrected chi connectivity index (χ3v) is 9.61. The highest BCUT2D eigenvalue weighted by Crippen LogP contribution is 2.46. The summed E-state index contributed by atoms with van der Waals surface area (Å²) in [6.07, 6.45) is 2.82. The summed E-state index contributed by atoms with van der Waals surface area (Å²) in [5.41, 5.74) is 0. The Hall–Kier alpha value is -2.08. The van der Waals surface area contributed by atoms with Gasteiger partial charge in [0.2, 0.25) is 5.79 Å². The molecule has 2 saturated heterocycles. The van der Waals surface area contributed by atoms with Crippen molar-refractivity contribution in [3.63, 3.8) is 0 Å². The van der Waals surface area contributed by atoms with E-state index in [2.05, 4.69) is 13.8 Å². The fourth-order valence-electron chi connectivity index (χ4n) is 6.69. The summed E-state index contributed by atoms with van der Waals surface area (Å²) in [5, 5.41) is 0. The van der Waals surface area contributed by atoms with Crippen LogP contribution < -0.4 is 0 Å². The highest BCUT2D eigenvalue weighted by atomic mass is 16.8. The second-order valence-electron chi connectivity index (χ2n) is 13.2. The molecular formula is C35H60O11. The van der Waals surface area contributed by atoms with Gasteiger partial charge in [0.1, 0.15) is 30.7 Å². The fourth-order valence-corrected chi connectivity index (χ4v) is 6.69. The lowest BCUT2D eigenvalue weighted by Gasteiger charge is -2.54. The monoisotopic (exact) mass is 656 g/mol. The molecule has 0 bridgehead atoms. The first-order valence-corrected chi connectivity index (χ1v) is 17.3. The van der Waals surface area contributed by atoms with E-state index in [0.29, 0.717) is 25.2 Å². The van der Waals surface area contributed by atoms with Crippen LogP contribution in [-0.4, -0.2) is 73.6 Å².